The van der Waals surface area contributed by atoms with Crippen LogP contribution in [-0.4, -0.2) is 65.6 Å². The van der Waals surface area contributed by atoms with E-state index in [1.165, 1.54) is 12.1 Å². The third kappa shape index (κ3) is 5.48. The van der Waals surface area contributed by atoms with Crippen LogP contribution in [0.15, 0.2) is 36.4 Å². The van der Waals surface area contributed by atoms with Gasteiger partial charge in [0.1, 0.15) is 17.2 Å². The molecule has 1 saturated heterocycles. The summed E-state index contributed by atoms with van der Waals surface area (Å²) in [5, 5.41) is 9.34. The van der Waals surface area contributed by atoms with E-state index >= 15 is 0 Å². The molecule has 2 aromatic carbocycles. The summed E-state index contributed by atoms with van der Waals surface area (Å²) in [4.78, 5) is 28.7. The van der Waals surface area contributed by atoms with E-state index in [2.05, 4.69) is 0 Å². The van der Waals surface area contributed by atoms with E-state index in [1.807, 2.05) is 32.9 Å². The van der Waals surface area contributed by atoms with Crippen molar-refractivity contribution in [1.29, 1.82) is 0 Å². The van der Waals surface area contributed by atoms with Crippen LogP contribution in [-0.2, 0) is 9.59 Å². The van der Waals surface area contributed by atoms with Crippen LogP contribution in [0.1, 0.15) is 23.6 Å². The zero-order chi connectivity index (χ0) is 22.5. The van der Waals surface area contributed by atoms with Crippen LogP contribution in [0.25, 0.3) is 0 Å². The molecule has 1 atom stereocenters. The van der Waals surface area contributed by atoms with Gasteiger partial charge in [0.25, 0.3) is 11.8 Å². The van der Waals surface area contributed by atoms with Gasteiger partial charge in [0.05, 0.1) is 0 Å². The first-order valence-corrected chi connectivity index (χ1v) is 10.5. The number of aromatic hydroxyl groups is 1. The van der Waals surface area contributed by atoms with Crippen LogP contribution >= 0.6 is 0 Å². The monoisotopic (exact) mass is 426 g/mol. The SMILES string of the molecule is Cc1ccc(C)c(OCC(=O)N2CCN(C(=O)C(C)Oc3ccc(O)cc3)CC2)c1C. The molecule has 1 heterocycles. The minimum atomic E-state index is -0.651. The lowest BCUT2D eigenvalue weighted by Gasteiger charge is -2.35. The van der Waals surface area contributed by atoms with Crippen LogP contribution < -0.4 is 9.47 Å². The number of carbonyl (C=O) groups is 2. The Morgan fingerprint density at radius 2 is 1.52 bits per heavy atom. The average Bonchev–Trinajstić information content (AvgIpc) is 2.77. The highest BCUT2D eigenvalue weighted by Gasteiger charge is 2.28. The summed E-state index contributed by atoms with van der Waals surface area (Å²) in [6, 6.07) is 10.3. The number of carbonyl (C=O) groups excluding carboxylic acids is 2. The smallest absolute Gasteiger partial charge is 0.263 e. The molecule has 0 spiro atoms. The number of phenolic OH excluding ortho intramolecular Hbond substituents is 1. The number of hydrogen-bond acceptors (Lipinski definition) is 5. The molecular weight excluding hydrogens is 396 g/mol. The number of amides is 2. The molecule has 1 N–H and O–H groups in total. The second-order valence-electron chi connectivity index (χ2n) is 7.90. The third-order valence-corrected chi connectivity index (χ3v) is 5.65. The number of hydrogen-bond donors (Lipinski definition) is 1. The van der Waals surface area contributed by atoms with Crippen molar-refractivity contribution in [3.8, 4) is 17.2 Å². The Hall–Kier alpha value is -3.22. The molecular formula is C24H30N2O5. The number of benzene rings is 2. The maximum Gasteiger partial charge on any atom is 0.263 e. The first-order valence-electron chi connectivity index (χ1n) is 10.5. The molecule has 7 heteroatoms. The van der Waals surface area contributed by atoms with Gasteiger partial charge in [0.2, 0.25) is 0 Å². The number of nitrogens with zero attached hydrogens (tertiary/aromatic N) is 2. The molecule has 1 fully saturated rings. The van der Waals surface area contributed by atoms with Crippen LogP contribution in [0.3, 0.4) is 0 Å². The molecule has 1 aliphatic rings. The van der Waals surface area contributed by atoms with E-state index < -0.39 is 6.10 Å². The predicted molar refractivity (Wildman–Crippen MR) is 118 cm³/mol. The number of phenols is 1. The number of ether oxygens (including phenoxy) is 2. The molecule has 2 amide bonds. The van der Waals surface area contributed by atoms with Gasteiger partial charge in [-0.1, -0.05) is 12.1 Å². The van der Waals surface area contributed by atoms with E-state index in [-0.39, 0.29) is 24.2 Å². The first-order chi connectivity index (χ1) is 14.8. The fraction of sp³-hybridized carbons (Fsp3) is 0.417. The molecule has 0 aliphatic carbocycles. The molecule has 0 aromatic heterocycles. The number of rotatable bonds is 6. The molecule has 31 heavy (non-hydrogen) atoms. The van der Waals surface area contributed by atoms with E-state index in [1.54, 1.807) is 28.9 Å². The molecule has 1 aliphatic heterocycles. The third-order valence-electron chi connectivity index (χ3n) is 5.65. The van der Waals surface area contributed by atoms with Crippen molar-refractivity contribution in [1.82, 2.24) is 9.80 Å². The standard InChI is InChI=1S/C24H30N2O5/c1-16-5-6-17(2)23(18(16)3)30-15-22(28)25-11-13-26(14-12-25)24(29)19(4)31-21-9-7-20(27)8-10-21/h5-10,19,27H,11-15H2,1-4H3. The second kappa shape index (κ2) is 9.73. The van der Waals surface area contributed by atoms with Crippen LogP contribution in [0, 0.1) is 20.8 Å². The van der Waals surface area contributed by atoms with Crippen molar-refractivity contribution in [3.63, 3.8) is 0 Å². The minimum Gasteiger partial charge on any atom is -0.508 e. The molecule has 0 bridgehead atoms. The number of piperazine rings is 1. The topological polar surface area (TPSA) is 79.3 Å². The molecule has 7 nitrogen and oxygen atoms in total. The van der Waals surface area contributed by atoms with Crippen molar-refractivity contribution in [2.45, 2.75) is 33.8 Å². The van der Waals surface area contributed by atoms with Crippen molar-refractivity contribution < 1.29 is 24.2 Å². The highest BCUT2D eigenvalue weighted by molar-refractivity contribution is 5.82. The Balaban J connectivity index is 1.48. The van der Waals surface area contributed by atoms with Gasteiger partial charge in [0, 0.05) is 26.2 Å². The van der Waals surface area contributed by atoms with Crippen LogP contribution in [0.5, 0.6) is 17.2 Å². The Bertz CT molecular complexity index is 934. The van der Waals surface area contributed by atoms with Crippen molar-refractivity contribution in [3.05, 3.63) is 53.1 Å². The summed E-state index contributed by atoms with van der Waals surface area (Å²) < 4.78 is 11.5. The van der Waals surface area contributed by atoms with Gasteiger partial charge >= 0.3 is 0 Å². The van der Waals surface area contributed by atoms with Gasteiger partial charge in [-0.3, -0.25) is 9.59 Å². The summed E-state index contributed by atoms with van der Waals surface area (Å²) in [6.07, 6.45) is -0.651. The van der Waals surface area contributed by atoms with E-state index in [0.717, 1.165) is 22.4 Å². The summed E-state index contributed by atoms with van der Waals surface area (Å²) >= 11 is 0. The van der Waals surface area contributed by atoms with Crippen LogP contribution in [0.2, 0.25) is 0 Å². The Morgan fingerprint density at radius 1 is 0.935 bits per heavy atom. The lowest BCUT2D eigenvalue weighted by atomic mass is 10.1. The molecule has 1 unspecified atom stereocenters. The van der Waals surface area contributed by atoms with E-state index in [4.69, 9.17) is 9.47 Å². The van der Waals surface area contributed by atoms with Gasteiger partial charge in [-0.05, 0) is 68.7 Å². The predicted octanol–water partition coefficient (Wildman–Crippen LogP) is 2.83. The Kier molecular flexibility index (Phi) is 7.05. The summed E-state index contributed by atoms with van der Waals surface area (Å²) in [7, 11) is 0. The fourth-order valence-corrected chi connectivity index (χ4v) is 3.59. The van der Waals surface area contributed by atoms with Gasteiger partial charge in [0.15, 0.2) is 12.7 Å². The highest BCUT2D eigenvalue weighted by Crippen LogP contribution is 2.25. The highest BCUT2D eigenvalue weighted by atomic mass is 16.5. The van der Waals surface area contributed by atoms with Crippen molar-refractivity contribution >= 4 is 11.8 Å². The second-order valence-corrected chi connectivity index (χ2v) is 7.90. The molecule has 2 aromatic rings. The zero-order valence-electron chi connectivity index (χ0n) is 18.6. The normalized spacial score (nSPS) is 14.8. The summed E-state index contributed by atoms with van der Waals surface area (Å²) in [5.74, 6) is 1.22. The van der Waals surface area contributed by atoms with Crippen LogP contribution in [0.4, 0.5) is 0 Å². The zero-order valence-corrected chi connectivity index (χ0v) is 18.6. The molecule has 0 saturated carbocycles. The van der Waals surface area contributed by atoms with Gasteiger partial charge < -0.3 is 24.4 Å². The molecule has 0 radical (unpaired) electrons. The summed E-state index contributed by atoms with van der Waals surface area (Å²) in [5.41, 5.74) is 3.18. The minimum absolute atomic E-state index is 0.0144. The molecule has 3 rings (SSSR count). The number of aryl methyl sites for hydroxylation is 2. The Morgan fingerprint density at radius 3 is 2.16 bits per heavy atom. The van der Waals surface area contributed by atoms with E-state index in [0.29, 0.717) is 31.9 Å². The average molecular weight is 427 g/mol. The fourth-order valence-electron chi connectivity index (χ4n) is 3.59. The van der Waals surface area contributed by atoms with Gasteiger partial charge in [-0.15, -0.1) is 0 Å². The lowest BCUT2D eigenvalue weighted by molar-refractivity contribution is -0.144. The molecule has 166 valence electrons. The first kappa shape index (κ1) is 22.5. The Labute approximate surface area is 183 Å². The van der Waals surface area contributed by atoms with Gasteiger partial charge in [-0.2, -0.15) is 0 Å². The van der Waals surface area contributed by atoms with Crippen molar-refractivity contribution in [2.75, 3.05) is 32.8 Å². The van der Waals surface area contributed by atoms with E-state index in [9.17, 15) is 14.7 Å². The summed E-state index contributed by atoms with van der Waals surface area (Å²) in [6.45, 7) is 9.51. The quantitative estimate of drug-likeness (QED) is 0.769. The lowest BCUT2D eigenvalue weighted by Crippen LogP contribution is -2.54. The maximum atomic E-state index is 12.7. The van der Waals surface area contributed by atoms with Gasteiger partial charge in [-0.25, -0.2) is 0 Å². The van der Waals surface area contributed by atoms with Crippen molar-refractivity contribution in [2.24, 2.45) is 0 Å². The maximum absolute atomic E-state index is 12.7. The largest absolute Gasteiger partial charge is 0.508 e.